The fraction of sp³-hybridized carbons (Fsp3) is 0.294. The molecular weight excluding hydrogens is 266 g/mol. The maximum absolute atomic E-state index is 9.12. The lowest BCUT2D eigenvalue weighted by molar-refractivity contribution is 0.210. The molecule has 0 heterocycles. The number of methoxy groups -OCH3 is 1. The molecule has 0 saturated carbocycles. The van der Waals surface area contributed by atoms with Gasteiger partial charge in [0.2, 0.25) is 0 Å². The summed E-state index contributed by atoms with van der Waals surface area (Å²) in [6.07, 6.45) is 0.339. The van der Waals surface area contributed by atoms with Crippen molar-refractivity contribution in [2.45, 2.75) is 12.5 Å². The van der Waals surface area contributed by atoms with Crippen LogP contribution in [0.5, 0.6) is 11.5 Å². The lowest BCUT2D eigenvalue weighted by Gasteiger charge is -2.20. The Morgan fingerprint density at radius 3 is 2.43 bits per heavy atom. The summed E-state index contributed by atoms with van der Waals surface area (Å²) in [5.41, 5.74) is 7.82. The Hall–Kier alpha value is -2.04. The van der Waals surface area contributed by atoms with Crippen molar-refractivity contribution in [3.63, 3.8) is 0 Å². The first kappa shape index (κ1) is 15.4. The van der Waals surface area contributed by atoms with Crippen LogP contribution in [0.1, 0.15) is 17.2 Å². The zero-order valence-electron chi connectivity index (χ0n) is 12.2. The zero-order valence-corrected chi connectivity index (χ0v) is 12.2. The number of aliphatic hydroxyl groups excluding tert-OH is 1. The Balaban J connectivity index is 2.18. The lowest BCUT2D eigenvalue weighted by Crippen LogP contribution is -2.19. The molecule has 1 unspecified atom stereocenters. The maximum atomic E-state index is 9.12. The van der Waals surface area contributed by atoms with Gasteiger partial charge in [-0.25, -0.2) is 0 Å². The third kappa shape index (κ3) is 3.97. The van der Waals surface area contributed by atoms with E-state index in [9.17, 15) is 0 Å². The summed E-state index contributed by atoms with van der Waals surface area (Å²) in [4.78, 5) is 0. The molecule has 0 radical (unpaired) electrons. The first-order valence-corrected chi connectivity index (χ1v) is 6.98. The largest absolute Gasteiger partial charge is 0.497 e. The average molecular weight is 287 g/mol. The Labute approximate surface area is 125 Å². The van der Waals surface area contributed by atoms with Crippen molar-refractivity contribution in [2.24, 2.45) is 5.73 Å². The Morgan fingerprint density at radius 2 is 1.81 bits per heavy atom. The van der Waals surface area contributed by atoms with Gasteiger partial charge < -0.3 is 20.3 Å². The smallest absolute Gasteiger partial charge is 0.136 e. The molecule has 21 heavy (non-hydrogen) atoms. The summed E-state index contributed by atoms with van der Waals surface area (Å²) < 4.78 is 11.2. The van der Waals surface area contributed by atoms with Gasteiger partial charge in [-0.2, -0.15) is 0 Å². The summed E-state index contributed by atoms with van der Waals surface area (Å²) in [5, 5.41) is 9.12. The molecule has 0 amide bonds. The van der Waals surface area contributed by atoms with Gasteiger partial charge in [0.25, 0.3) is 0 Å². The van der Waals surface area contributed by atoms with E-state index in [1.54, 1.807) is 7.11 Å². The van der Waals surface area contributed by atoms with Crippen LogP contribution in [-0.4, -0.2) is 25.4 Å². The van der Waals surface area contributed by atoms with Gasteiger partial charge in [0.05, 0.1) is 7.11 Å². The fourth-order valence-electron chi connectivity index (χ4n) is 2.17. The van der Waals surface area contributed by atoms with Crippen molar-refractivity contribution in [3.8, 4) is 11.5 Å². The van der Waals surface area contributed by atoms with E-state index in [4.69, 9.17) is 20.3 Å². The maximum Gasteiger partial charge on any atom is 0.136 e. The van der Waals surface area contributed by atoms with Crippen LogP contribution in [0.15, 0.2) is 48.5 Å². The van der Waals surface area contributed by atoms with Crippen molar-refractivity contribution in [1.29, 1.82) is 0 Å². The molecule has 1 atom stereocenters. The summed E-state index contributed by atoms with van der Waals surface area (Å²) in [7, 11) is 1.64. The topological polar surface area (TPSA) is 64.7 Å². The molecule has 112 valence electrons. The highest BCUT2D eigenvalue weighted by atomic mass is 16.5. The molecule has 2 rings (SSSR count). The van der Waals surface area contributed by atoms with Crippen molar-refractivity contribution >= 4 is 0 Å². The van der Waals surface area contributed by atoms with E-state index < -0.39 is 0 Å². The van der Waals surface area contributed by atoms with Gasteiger partial charge in [-0.05, 0) is 35.7 Å². The van der Waals surface area contributed by atoms with E-state index in [1.165, 1.54) is 0 Å². The predicted octanol–water partition coefficient (Wildman–Crippen LogP) is 2.31. The van der Waals surface area contributed by atoms with Gasteiger partial charge >= 0.3 is 0 Å². The van der Waals surface area contributed by atoms with Gasteiger partial charge in [-0.15, -0.1) is 0 Å². The molecule has 0 aliphatic carbocycles. The molecule has 0 saturated heterocycles. The van der Waals surface area contributed by atoms with E-state index in [2.05, 4.69) is 0 Å². The highest BCUT2D eigenvalue weighted by molar-refractivity contribution is 5.35. The van der Waals surface area contributed by atoms with Crippen LogP contribution in [0.4, 0.5) is 0 Å². The Kier molecular flexibility index (Phi) is 5.60. The summed E-state index contributed by atoms with van der Waals surface area (Å²) in [6.45, 7) is 0.468. The van der Waals surface area contributed by atoms with Gasteiger partial charge in [0.1, 0.15) is 17.6 Å². The van der Waals surface area contributed by atoms with Crippen molar-refractivity contribution in [1.82, 2.24) is 0 Å². The van der Waals surface area contributed by atoms with Crippen LogP contribution < -0.4 is 15.2 Å². The van der Waals surface area contributed by atoms with E-state index in [0.29, 0.717) is 13.0 Å². The van der Waals surface area contributed by atoms with Gasteiger partial charge in [0, 0.05) is 13.2 Å². The normalized spacial score (nSPS) is 12.0. The highest BCUT2D eigenvalue weighted by Gasteiger charge is 2.13. The minimum Gasteiger partial charge on any atom is -0.497 e. The zero-order chi connectivity index (χ0) is 15.1. The van der Waals surface area contributed by atoms with Gasteiger partial charge in [-0.3, -0.25) is 0 Å². The second-order valence-corrected chi connectivity index (χ2v) is 4.70. The Bertz CT molecular complexity index is 554. The average Bonchev–Trinajstić information content (AvgIpc) is 2.54. The number of hydrogen-bond acceptors (Lipinski definition) is 4. The predicted molar refractivity (Wildman–Crippen MR) is 82.6 cm³/mol. The molecular formula is C17H21NO3. The van der Waals surface area contributed by atoms with Gasteiger partial charge in [0.15, 0.2) is 0 Å². The minimum absolute atomic E-state index is 0.0935. The second kappa shape index (κ2) is 7.67. The standard InChI is InChI=1S/C17H21NO3/c1-20-15-8-6-14(7-9-15)17(12-18)21-16-5-3-2-4-13(16)10-11-19/h2-9,17,19H,10-12,18H2,1H3. The molecule has 0 aliphatic rings. The van der Waals surface area contributed by atoms with Crippen LogP contribution >= 0.6 is 0 Å². The van der Waals surface area contributed by atoms with E-state index >= 15 is 0 Å². The van der Waals surface area contributed by atoms with E-state index in [0.717, 1.165) is 22.6 Å². The molecule has 2 aromatic carbocycles. The molecule has 4 heteroatoms. The SMILES string of the molecule is COc1ccc(C(CN)Oc2ccccc2CCO)cc1. The molecule has 0 aliphatic heterocycles. The third-order valence-corrected chi connectivity index (χ3v) is 3.32. The van der Waals surface area contributed by atoms with Crippen molar-refractivity contribution in [3.05, 3.63) is 59.7 Å². The second-order valence-electron chi connectivity index (χ2n) is 4.70. The monoisotopic (exact) mass is 287 g/mol. The van der Waals surface area contributed by atoms with Gasteiger partial charge in [-0.1, -0.05) is 30.3 Å². The van der Waals surface area contributed by atoms with E-state index in [1.807, 2.05) is 48.5 Å². The highest BCUT2D eigenvalue weighted by Crippen LogP contribution is 2.26. The first-order chi connectivity index (χ1) is 10.3. The third-order valence-electron chi connectivity index (χ3n) is 3.32. The van der Waals surface area contributed by atoms with E-state index in [-0.39, 0.29) is 12.7 Å². The summed E-state index contributed by atoms with van der Waals surface area (Å²) in [5.74, 6) is 1.56. The molecule has 4 nitrogen and oxygen atoms in total. The molecule has 0 bridgehead atoms. The molecule has 0 fully saturated rings. The van der Waals surface area contributed by atoms with Crippen molar-refractivity contribution in [2.75, 3.05) is 20.3 Å². The van der Waals surface area contributed by atoms with Crippen LogP contribution in [-0.2, 0) is 6.42 Å². The number of hydrogen-bond donors (Lipinski definition) is 2. The number of benzene rings is 2. The van der Waals surface area contributed by atoms with Crippen LogP contribution in [0.2, 0.25) is 0 Å². The number of aliphatic hydroxyl groups is 1. The van der Waals surface area contributed by atoms with Crippen LogP contribution in [0.3, 0.4) is 0 Å². The molecule has 3 N–H and O–H groups in total. The summed E-state index contributed by atoms with van der Waals surface area (Å²) in [6, 6.07) is 15.4. The molecule has 0 spiro atoms. The molecule has 0 aromatic heterocycles. The fourth-order valence-corrected chi connectivity index (χ4v) is 2.17. The number of nitrogens with two attached hydrogens (primary N) is 1. The quantitative estimate of drug-likeness (QED) is 0.820. The Morgan fingerprint density at radius 1 is 1.10 bits per heavy atom. The summed E-state index contributed by atoms with van der Waals surface area (Å²) >= 11 is 0. The number of rotatable bonds is 7. The first-order valence-electron chi connectivity index (χ1n) is 6.98. The number of para-hydroxylation sites is 1. The van der Waals surface area contributed by atoms with Crippen LogP contribution in [0.25, 0.3) is 0 Å². The van der Waals surface area contributed by atoms with Crippen LogP contribution in [0, 0.1) is 0 Å². The number of ether oxygens (including phenoxy) is 2. The molecule has 2 aromatic rings. The lowest BCUT2D eigenvalue weighted by atomic mass is 10.1. The minimum atomic E-state index is -0.226. The van der Waals surface area contributed by atoms with Crippen molar-refractivity contribution < 1.29 is 14.6 Å².